The van der Waals surface area contributed by atoms with Crippen molar-refractivity contribution < 1.29 is 21.9 Å². The van der Waals surface area contributed by atoms with Crippen molar-refractivity contribution in [2.75, 3.05) is 24.7 Å². The Labute approximate surface area is 172 Å². The number of anilines is 1. The number of nitrogens with zero attached hydrogens (tertiary/aromatic N) is 3. The first-order chi connectivity index (χ1) is 13.6. The third-order valence-corrected chi connectivity index (χ3v) is 5.98. The molecule has 12 heteroatoms. The molecule has 0 aromatic carbocycles. The fourth-order valence-electron chi connectivity index (χ4n) is 2.90. The van der Waals surface area contributed by atoms with Gasteiger partial charge in [0.2, 0.25) is 21.8 Å². The van der Waals surface area contributed by atoms with Crippen LogP contribution in [-0.2, 0) is 10.0 Å². The number of halogens is 2. The van der Waals surface area contributed by atoms with Crippen molar-refractivity contribution in [2.45, 2.75) is 44.6 Å². The summed E-state index contributed by atoms with van der Waals surface area (Å²) in [6.45, 7) is 2.03. The fourth-order valence-corrected chi connectivity index (χ4v) is 4.08. The molecule has 3 rings (SSSR count). The average Bonchev–Trinajstić information content (AvgIpc) is 3.06. The first-order valence-corrected chi connectivity index (χ1v) is 11.9. The standard InChI is InChI=1S/C17H23F2N5O3S2/c1-11-10-28-16(21-11)15-23-13(22-12-3-5-17(18,19)6-4-12)9-14(24-15)27-8-7-20-29(2,25)26/h9-10,12,20H,3-8H2,1-2H3,(H,22,23,24). The summed E-state index contributed by atoms with van der Waals surface area (Å²) in [4.78, 5) is 13.2. The van der Waals surface area contributed by atoms with Crippen LogP contribution in [0.25, 0.3) is 10.8 Å². The van der Waals surface area contributed by atoms with Gasteiger partial charge in [0.1, 0.15) is 12.4 Å². The number of ether oxygens (including phenoxy) is 1. The second-order valence-corrected chi connectivity index (χ2v) is 9.69. The van der Waals surface area contributed by atoms with Crippen LogP contribution in [0, 0.1) is 6.92 Å². The number of hydrogen-bond acceptors (Lipinski definition) is 8. The molecule has 160 valence electrons. The lowest BCUT2D eigenvalue weighted by molar-refractivity contribution is -0.0361. The van der Waals surface area contributed by atoms with Crippen LogP contribution in [0.4, 0.5) is 14.6 Å². The van der Waals surface area contributed by atoms with Crippen molar-refractivity contribution in [2.24, 2.45) is 0 Å². The zero-order valence-electron chi connectivity index (χ0n) is 16.1. The molecule has 29 heavy (non-hydrogen) atoms. The third-order valence-electron chi connectivity index (χ3n) is 4.30. The average molecular weight is 448 g/mol. The van der Waals surface area contributed by atoms with Gasteiger partial charge in [0.25, 0.3) is 0 Å². The Morgan fingerprint density at radius 1 is 1.28 bits per heavy atom. The molecule has 2 aromatic heterocycles. The van der Waals surface area contributed by atoms with Crippen molar-refractivity contribution in [3.05, 3.63) is 17.1 Å². The molecule has 1 saturated carbocycles. The maximum atomic E-state index is 13.4. The first kappa shape index (κ1) is 21.8. The minimum Gasteiger partial charge on any atom is -0.476 e. The number of sulfonamides is 1. The molecular formula is C17H23F2N5O3S2. The van der Waals surface area contributed by atoms with Crippen molar-refractivity contribution in [1.82, 2.24) is 19.7 Å². The van der Waals surface area contributed by atoms with Gasteiger partial charge in [-0.2, -0.15) is 4.98 Å². The van der Waals surface area contributed by atoms with Crippen molar-refractivity contribution in [3.8, 4) is 16.7 Å². The van der Waals surface area contributed by atoms with Gasteiger partial charge in [-0.3, -0.25) is 0 Å². The van der Waals surface area contributed by atoms with Gasteiger partial charge in [-0.15, -0.1) is 11.3 Å². The van der Waals surface area contributed by atoms with E-state index in [2.05, 4.69) is 25.0 Å². The molecule has 0 amide bonds. The Balaban J connectivity index is 1.74. The highest BCUT2D eigenvalue weighted by molar-refractivity contribution is 7.88. The SMILES string of the molecule is Cc1csc(-c2nc(NC3CCC(F)(F)CC3)cc(OCCNS(C)(=O)=O)n2)n1. The maximum absolute atomic E-state index is 13.4. The summed E-state index contributed by atoms with van der Waals surface area (Å²) < 4.78 is 57.0. The second kappa shape index (κ2) is 8.84. The van der Waals surface area contributed by atoms with Crippen molar-refractivity contribution in [1.29, 1.82) is 0 Å². The van der Waals surface area contributed by atoms with E-state index in [1.807, 2.05) is 12.3 Å². The summed E-state index contributed by atoms with van der Waals surface area (Å²) in [5, 5.41) is 5.68. The number of rotatable bonds is 8. The minimum absolute atomic E-state index is 0.0789. The number of hydrogen-bond donors (Lipinski definition) is 2. The lowest BCUT2D eigenvalue weighted by Crippen LogP contribution is -2.32. The van der Waals surface area contributed by atoms with Crippen molar-refractivity contribution in [3.63, 3.8) is 0 Å². The molecule has 1 aliphatic rings. The van der Waals surface area contributed by atoms with E-state index in [0.717, 1.165) is 11.9 Å². The zero-order valence-corrected chi connectivity index (χ0v) is 17.7. The lowest BCUT2D eigenvalue weighted by Gasteiger charge is -2.29. The van der Waals surface area contributed by atoms with Gasteiger partial charge in [-0.05, 0) is 19.8 Å². The highest BCUT2D eigenvalue weighted by atomic mass is 32.2. The molecular weight excluding hydrogens is 424 g/mol. The Hall–Kier alpha value is -1.92. The Morgan fingerprint density at radius 2 is 2.00 bits per heavy atom. The van der Waals surface area contributed by atoms with E-state index >= 15 is 0 Å². The number of nitrogens with one attached hydrogen (secondary N) is 2. The molecule has 0 saturated heterocycles. The Bertz CT molecular complexity index is 942. The molecule has 0 aliphatic heterocycles. The van der Waals surface area contributed by atoms with Crippen molar-refractivity contribution >= 4 is 27.2 Å². The second-order valence-electron chi connectivity index (χ2n) is 7.00. The molecule has 1 fully saturated rings. The Kier molecular flexibility index (Phi) is 6.64. The summed E-state index contributed by atoms with van der Waals surface area (Å²) in [6.07, 6.45) is 1.44. The van der Waals surface area contributed by atoms with Crippen LogP contribution in [-0.4, -0.2) is 54.7 Å². The quantitative estimate of drug-likeness (QED) is 0.600. The molecule has 0 atom stereocenters. The Morgan fingerprint density at radius 3 is 2.62 bits per heavy atom. The molecule has 1 aliphatic carbocycles. The number of thiazole rings is 1. The molecule has 2 heterocycles. The van der Waals surface area contributed by atoms with Gasteiger partial charge < -0.3 is 10.1 Å². The minimum atomic E-state index is -3.31. The number of alkyl halides is 2. The smallest absolute Gasteiger partial charge is 0.248 e. The van der Waals surface area contributed by atoms with E-state index in [0.29, 0.717) is 29.5 Å². The summed E-state index contributed by atoms with van der Waals surface area (Å²) in [5.41, 5.74) is 0.835. The number of aromatic nitrogens is 3. The monoisotopic (exact) mass is 447 g/mol. The largest absolute Gasteiger partial charge is 0.476 e. The van der Waals surface area contributed by atoms with E-state index in [1.165, 1.54) is 11.3 Å². The van der Waals surface area contributed by atoms with Crippen LogP contribution in [0.15, 0.2) is 11.4 Å². The highest BCUT2D eigenvalue weighted by Gasteiger charge is 2.35. The van der Waals surface area contributed by atoms with Crippen LogP contribution >= 0.6 is 11.3 Å². The van der Waals surface area contributed by atoms with Gasteiger partial charge >= 0.3 is 0 Å². The predicted octanol–water partition coefficient (Wildman–Crippen LogP) is 2.83. The highest BCUT2D eigenvalue weighted by Crippen LogP contribution is 2.34. The van der Waals surface area contributed by atoms with Gasteiger partial charge in [-0.1, -0.05) is 0 Å². The maximum Gasteiger partial charge on any atom is 0.248 e. The van der Waals surface area contributed by atoms with Crippen LogP contribution in [0.5, 0.6) is 5.88 Å². The van der Waals surface area contributed by atoms with E-state index in [4.69, 9.17) is 4.74 Å². The number of aryl methyl sites for hydroxylation is 1. The fraction of sp³-hybridized carbons (Fsp3) is 0.588. The van der Waals surface area contributed by atoms with E-state index in [9.17, 15) is 17.2 Å². The topological polar surface area (TPSA) is 106 Å². The van der Waals surface area contributed by atoms with Crippen LogP contribution in [0.2, 0.25) is 0 Å². The van der Waals surface area contributed by atoms with E-state index < -0.39 is 15.9 Å². The third kappa shape index (κ3) is 6.82. The molecule has 0 unspecified atom stereocenters. The van der Waals surface area contributed by atoms with Crippen LogP contribution < -0.4 is 14.8 Å². The van der Waals surface area contributed by atoms with Gasteiger partial charge in [0, 0.05) is 42.6 Å². The van der Waals surface area contributed by atoms with Crippen LogP contribution in [0.1, 0.15) is 31.4 Å². The zero-order chi connectivity index (χ0) is 21.1. The molecule has 2 aromatic rings. The summed E-state index contributed by atoms with van der Waals surface area (Å²) in [6, 6.07) is 1.46. The molecule has 8 nitrogen and oxygen atoms in total. The van der Waals surface area contributed by atoms with Gasteiger partial charge in [0.05, 0.1) is 6.26 Å². The van der Waals surface area contributed by atoms with Gasteiger partial charge in [0.15, 0.2) is 10.8 Å². The normalized spacial score (nSPS) is 17.2. The predicted molar refractivity (Wildman–Crippen MR) is 107 cm³/mol. The molecule has 0 bridgehead atoms. The summed E-state index contributed by atoms with van der Waals surface area (Å²) in [7, 11) is -3.31. The van der Waals surface area contributed by atoms with Gasteiger partial charge in [-0.25, -0.2) is 31.9 Å². The molecule has 2 N–H and O–H groups in total. The summed E-state index contributed by atoms with van der Waals surface area (Å²) >= 11 is 1.39. The first-order valence-electron chi connectivity index (χ1n) is 9.13. The summed E-state index contributed by atoms with van der Waals surface area (Å²) in [5.74, 6) is -1.53. The lowest BCUT2D eigenvalue weighted by atomic mass is 9.92. The molecule has 0 radical (unpaired) electrons. The van der Waals surface area contributed by atoms with Crippen LogP contribution in [0.3, 0.4) is 0 Å². The van der Waals surface area contributed by atoms with E-state index in [-0.39, 0.29) is 37.9 Å². The van der Waals surface area contributed by atoms with E-state index in [1.54, 1.807) is 6.07 Å². The molecule has 0 spiro atoms.